The number of carbonyl (C=O) groups is 1. The molecule has 2 aromatic rings. The van der Waals surface area contributed by atoms with E-state index >= 15 is 0 Å². The highest BCUT2D eigenvalue weighted by atomic mass is 16.5. The van der Waals surface area contributed by atoms with Gasteiger partial charge in [0.1, 0.15) is 12.0 Å². The summed E-state index contributed by atoms with van der Waals surface area (Å²) in [5.41, 5.74) is 7.87. The van der Waals surface area contributed by atoms with E-state index in [1.807, 2.05) is 6.07 Å². The van der Waals surface area contributed by atoms with Gasteiger partial charge in [0.25, 0.3) is 0 Å². The summed E-state index contributed by atoms with van der Waals surface area (Å²) in [5.74, 6) is 1.57. The molecule has 1 aromatic carbocycles. The van der Waals surface area contributed by atoms with E-state index in [0.717, 1.165) is 37.7 Å². The summed E-state index contributed by atoms with van der Waals surface area (Å²) in [6.45, 7) is 6.23. The van der Waals surface area contributed by atoms with Crippen LogP contribution in [-0.4, -0.2) is 35.6 Å². The average molecular weight is 355 g/mol. The smallest absolute Gasteiger partial charge is 0.340 e. The molecule has 0 bridgehead atoms. The third kappa shape index (κ3) is 3.87. The summed E-state index contributed by atoms with van der Waals surface area (Å²) in [5, 5.41) is 3.16. The molecule has 26 heavy (non-hydrogen) atoms. The number of rotatable bonds is 5. The van der Waals surface area contributed by atoms with Crippen molar-refractivity contribution in [3.63, 3.8) is 0 Å². The van der Waals surface area contributed by atoms with Crippen molar-refractivity contribution in [1.29, 1.82) is 0 Å². The number of carbonyl (C=O) groups excluding carboxylic acids is 1. The Bertz CT molecular complexity index is 772. The van der Waals surface area contributed by atoms with Crippen molar-refractivity contribution in [3.8, 4) is 0 Å². The quantitative estimate of drug-likeness (QED) is 0.795. The van der Waals surface area contributed by atoms with Gasteiger partial charge in [-0.25, -0.2) is 14.8 Å². The molecule has 7 heteroatoms. The first kappa shape index (κ1) is 18.0. The van der Waals surface area contributed by atoms with Gasteiger partial charge in [0.15, 0.2) is 11.6 Å². The Kier molecular flexibility index (Phi) is 5.55. The molecule has 3 rings (SSSR count). The summed E-state index contributed by atoms with van der Waals surface area (Å²) >= 11 is 0. The van der Waals surface area contributed by atoms with Crippen LogP contribution in [0.25, 0.3) is 0 Å². The Hall–Kier alpha value is -2.83. The highest BCUT2D eigenvalue weighted by Crippen LogP contribution is 2.32. The molecule has 1 fully saturated rings. The molecule has 0 atom stereocenters. The molecule has 0 saturated carbocycles. The van der Waals surface area contributed by atoms with Gasteiger partial charge in [0.2, 0.25) is 0 Å². The van der Waals surface area contributed by atoms with Crippen LogP contribution >= 0.6 is 0 Å². The minimum absolute atomic E-state index is 0.320. The Balaban J connectivity index is 1.85. The number of piperidine rings is 1. The SMILES string of the molecule is CCOC(=O)c1ccccc1Nc1ncnc(N2CCC(C)CC2)c1N. The monoisotopic (exact) mass is 355 g/mol. The summed E-state index contributed by atoms with van der Waals surface area (Å²) in [6.07, 6.45) is 3.74. The lowest BCUT2D eigenvalue weighted by atomic mass is 9.99. The zero-order valence-electron chi connectivity index (χ0n) is 15.2. The van der Waals surface area contributed by atoms with E-state index in [4.69, 9.17) is 10.5 Å². The van der Waals surface area contributed by atoms with Crippen LogP contribution in [0.5, 0.6) is 0 Å². The fourth-order valence-corrected chi connectivity index (χ4v) is 3.06. The van der Waals surface area contributed by atoms with Crippen LogP contribution in [0.15, 0.2) is 30.6 Å². The van der Waals surface area contributed by atoms with Crippen LogP contribution in [0.1, 0.15) is 37.0 Å². The van der Waals surface area contributed by atoms with Crippen molar-refractivity contribution < 1.29 is 9.53 Å². The summed E-state index contributed by atoms with van der Waals surface area (Å²) in [7, 11) is 0. The van der Waals surface area contributed by atoms with Gasteiger partial charge >= 0.3 is 5.97 Å². The van der Waals surface area contributed by atoms with Crippen LogP contribution in [0, 0.1) is 5.92 Å². The second-order valence-corrected chi connectivity index (χ2v) is 6.52. The largest absolute Gasteiger partial charge is 0.462 e. The summed E-state index contributed by atoms with van der Waals surface area (Å²) in [6, 6.07) is 7.15. The second kappa shape index (κ2) is 8.03. The van der Waals surface area contributed by atoms with E-state index in [1.54, 1.807) is 25.1 Å². The molecule has 0 spiro atoms. The first-order valence-electron chi connectivity index (χ1n) is 8.98. The van der Waals surface area contributed by atoms with Gasteiger partial charge < -0.3 is 20.7 Å². The number of para-hydroxylation sites is 1. The fraction of sp³-hybridized carbons (Fsp3) is 0.421. The third-order valence-electron chi connectivity index (χ3n) is 4.62. The molecule has 1 aromatic heterocycles. The number of nitrogens with zero attached hydrogens (tertiary/aromatic N) is 3. The summed E-state index contributed by atoms with van der Waals surface area (Å²) < 4.78 is 5.11. The number of nitrogens with one attached hydrogen (secondary N) is 1. The molecule has 3 N–H and O–H groups in total. The maximum Gasteiger partial charge on any atom is 0.340 e. The molecular weight excluding hydrogens is 330 g/mol. The van der Waals surface area contributed by atoms with Crippen molar-refractivity contribution >= 4 is 29.0 Å². The molecule has 1 saturated heterocycles. The van der Waals surface area contributed by atoms with E-state index < -0.39 is 0 Å². The van der Waals surface area contributed by atoms with E-state index in [-0.39, 0.29) is 5.97 Å². The van der Waals surface area contributed by atoms with Gasteiger partial charge in [-0.15, -0.1) is 0 Å². The molecule has 0 unspecified atom stereocenters. The predicted octanol–water partition coefficient (Wildman–Crippen LogP) is 3.22. The Morgan fingerprint density at radius 2 is 2.04 bits per heavy atom. The maximum absolute atomic E-state index is 12.2. The number of esters is 1. The lowest BCUT2D eigenvalue weighted by Crippen LogP contribution is -2.34. The maximum atomic E-state index is 12.2. The number of aromatic nitrogens is 2. The average Bonchev–Trinajstić information content (AvgIpc) is 2.65. The van der Waals surface area contributed by atoms with Crippen molar-refractivity contribution in [2.45, 2.75) is 26.7 Å². The first-order valence-corrected chi connectivity index (χ1v) is 8.98. The Morgan fingerprint density at radius 1 is 1.31 bits per heavy atom. The molecule has 0 radical (unpaired) electrons. The molecule has 0 aliphatic carbocycles. The molecular formula is C19H25N5O2. The highest BCUT2D eigenvalue weighted by molar-refractivity contribution is 5.97. The van der Waals surface area contributed by atoms with Crippen LogP contribution in [0.4, 0.5) is 23.0 Å². The standard InChI is InChI=1S/C19H25N5O2/c1-3-26-19(25)14-6-4-5-7-15(14)23-17-16(20)18(22-12-21-17)24-10-8-13(2)9-11-24/h4-7,12-13H,3,8-11,20H2,1-2H3,(H,21,22,23). The lowest BCUT2D eigenvalue weighted by molar-refractivity contribution is 0.0527. The molecule has 1 aliphatic rings. The Morgan fingerprint density at radius 3 is 2.77 bits per heavy atom. The van der Waals surface area contributed by atoms with E-state index in [9.17, 15) is 4.79 Å². The molecule has 7 nitrogen and oxygen atoms in total. The van der Waals surface area contributed by atoms with Gasteiger partial charge in [0, 0.05) is 13.1 Å². The zero-order valence-corrected chi connectivity index (χ0v) is 15.2. The number of hydrogen-bond acceptors (Lipinski definition) is 7. The number of ether oxygens (including phenoxy) is 1. The highest BCUT2D eigenvalue weighted by Gasteiger charge is 2.21. The van der Waals surface area contributed by atoms with E-state index in [1.165, 1.54) is 6.33 Å². The minimum atomic E-state index is -0.381. The molecule has 1 aliphatic heterocycles. The van der Waals surface area contributed by atoms with Gasteiger partial charge in [0.05, 0.1) is 17.9 Å². The van der Waals surface area contributed by atoms with Gasteiger partial charge in [-0.3, -0.25) is 0 Å². The van der Waals surface area contributed by atoms with Crippen molar-refractivity contribution in [2.75, 3.05) is 35.6 Å². The van der Waals surface area contributed by atoms with Gasteiger partial charge in [-0.2, -0.15) is 0 Å². The number of anilines is 4. The first-order chi connectivity index (χ1) is 12.6. The van der Waals surface area contributed by atoms with Crippen molar-refractivity contribution in [2.24, 2.45) is 5.92 Å². The van der Waals surface area contributed by atoms with E-state index in [0.29, 0.717) is 29.4 Å². The molecule has 138 valence electrons. The number of nitrogens with two attached hydrogens (primary N) is 1. The molecule has 2 heterocycles. The predicted molar refractivity (Wildman–Crippen MR) is 103 cm³/mol. The fourth-order valence-electron chi connectivity index (χ4n) is 3.06. The second-order valence-electron chi connectivity index (χ2n) is 6.52. The van der Waals surface area contributed by atoms with Gasteiger partial charge in [-0.1, -0.05) is 19.1 Å². The minimum Gasteiger partial charge on any atom is -0.462 e. The Labute approximate surface area is 153 Å². The van der Waals surface area contributed by atoms with Crippen molar-refractivity contribution in [3.05, 3.63) is 36.2 Å². The number of nitrogen functional groups attached to an aromatic ring is 1. The number of benzene rings is 1. The molecule has 0 amide bonds. The summed E-state index contributed by atoms with van der Waals surface area (Å²) in [4.78, 5) is 23.0. The van der Waals surface area contributed by atoms with Crippen LogP contribution < -0.4 is 16.0 Å². The number of hydrogen-bond donors (Lipinski definition) is 2. The van der Waals surface area contributed by atoms with Crippen LogP contribution in [-0.2, 0) is 4.74 Å². The lowest BCUT2D eigenvalue weighted by Gasteiger charge is -2.32. The zero-order chi connectivity index (χ0) is 18.5. The van der Waals surface area contributed by atoms with E-state index in [2.05, 4.69) is 27.1 Å². The normalized spacial score (nSPS) is 14.9. The van der Waals surface area contributed by atoms with Crippen LogP contribution in [0.2, 0.25) is 0 Å². The third-order valence-corrected chi connectivity index (χ3v) is 4.62. The van der Waals surface area contributed by atoms with Crippen molar-refractivity contribution in [1.82, 2.24) is 9.97 Å². The van der Waals surface area contributed by atoms with Crippen LogP contribution in [0.3, 0.4) is 0 Å². The van der Waals surface area contributed by atoms with Gasteiger partial charge in [-0.05, 0) is 37.8 Å². The topological polar surface area (TPSA) is 93.4 Å².